The van der Waals surface area contributed by atoms with Crippen molar-refractivity contribution in [2.45, 2.75) is 26.5 Å². The van der Waals surface area contributed by atoms with Crippen molar-refractivity contribution in [3.63, 3.8) is 0 Å². The van der Waals surface area contributed by atoms with Crippen LogP contribution in [0.2, 0.25) is 0 Å². The minimum atomic E-state index is -0.759. The van der Waals surface area contributed by atoms with E-state index >= 15 is 0 Å². The number of rotatable bonds is 6. The van der Waals surface area contributed by atoms with Gasteiger partial charge in [0.05, 0.1) is 12.6 Å². The largest absolute Gasteiger partial charge is 0.387 e. The van der Waals surface area contributed by atoms with Gasteiger partial charge >= 0.3 is 6.03 Å². The fourth-order valence-corrected chi connectivity index (χ4v) is 2.38. The van der Waals surface area contributed by atoms with E-state index in [4.69, 9.17) is 0 Å². The molecule has 2 aromatic carbocycles. The fourth-order valence-electron chi connectivity index (χ4n) is 2.38. The molecule has 0 heterocycles. The van der Waals surface area contributed by atoms with E-state index in [1.807, 2.05) is 38.1 Å². The number of benzene rings is 2. The van der Waals surface area contributed by atoms with E-state index in [9.17, 15) is 14.3 Å². The van der Waals surface area contributed by atoms with E-state index in [0.717, 1.165) is 11.1 Å². The number of urea groups is 1. The van der Waals surface area contributed by atoms with Gasteiger partial charge < -0.3 is 15.3 Å². The molecule has 0 aromatic heterocycles. The van der Waals surface area contributed by atoms with Crippen molar-refractivity contribution in [2.75, 3.05) is 13.1 Å². The maximum atomic E-state index is 13.6. The van der Waals surface area contributed by atoms with Crippen LogP contribution in [0.5, 0.6) is 0 Å². The Morgan fingerprint density at radius 2 is 1.88 bits per heavy atom. The Labute approximate surface area is 141 Å². The number of nitrogens with zero attached hydrogens (tertiary/aromatic N) is 1. The molecular weight excluding hydrogens is 307 g/mol. The number of nitrogens with one attached hydrogen (secondary N) is 1. The van der Waals surface area contributed by atoms with Crippen LogP contribution in [0.25, 0.3) is 0 Å². The normalized spacial score (nSPS) is 11.8. The van der Waals surface area contributed by atoms with Crippen LogP contribution in [0.4, 0.5) is 9.18 Å². The SMILES string of the molecule is CCN(CC(O)c1ccc(C)cc1)C(=O)NCc1ccccc1F. The summed E-state index contributed by atoms with van der Waals surface area (Å²) in [5, 5.41) is 13.0. The standard InChI is InChI=1S/C19H23FN2O2/c1-3-22(13-18(23)15-10-8-14(2)9-11-15)19(24)21-12-16-6-4-5-7-17(16)20/h4-11,18,23H,3,12-13H2,1-2H3,(H,21,24). The van der Waals surface area contributed by atoms with E-state index in [1.54, 1.807) is 18.2 Å². The summed E-state index contributed by atoms with van der Waals surface area (Å²) >= 11 is 0. The van der Waals surface area contributed by atoms with Crippen LogP contribution in [0, 0.1) is 12.7 Å². The molecule has 24 heavy (non-hydrogen) atoms. The van der Waals surface area contributed by atoms with Gasteiger partial charge in [-0.25, -0.2) is 9.18 Å². The van der Waals surface area contributed by atoms with E-state index in [-0.39, 0.29) is 24.9 Å². The van der Waals surface area contributed by atoms with Crippen LogP contribution in [0.1, 0.15) is 29.7 Å². The number of aliphatic hydroxyl groups is 1. The quantitative estimate of drug-likeness (QED) is 0.853. The Balaban J connectivity index is 1.93. The van der Waals surface area contributed by atoms with Gasteiger partial charge in [0, 0.05) is 18.7 Å². The number of hydrogen-bond acceptors (Lipinski definition) is 2. The predicted octanol–water partition coefficient (Wildman–Crippen LogP) is 3.40. The first-order valence-electron chi connectivity index (χ1n) is 8.02. The molecule has 0 radical (unpaired) electrons. The second-order valence-corrected chi connectivity index (χ2v) is 5.72. The third kappa shape index (κ3) is 4.80. The molecule has 128 valence electrons. The lowest BCUT2D eigenvalue weighted by atomic mass is 10.1. The second-order valence-electron chi connectivity index (χ2n) is 5.72. The van der Waals surface area contributed by atoms with Crippen LogP contribution in [0.3, 0.4) is 0 Å². The molecule has 4 nitrogen and oxygen atoms in total. The van der Waals surface area contributed by atoms with Crippen molar-refractivity contribution in [3.05, 3.63) is 71.0 Å². The van der Waals surface area contributed by atoms with Gasteiger partial charge in [-0.05, 0) is 25.5 Å². The Morgan fingerprint density at radius 3 is 2.50 bits per heavy atom. The highest BCUT2D eigenvalue weighted by molar-refractivity contribution is 5.74. The highest BCUT2D eigenvalue weighted by atomic mass is 19.1. The van der Waals surface area contributed by atoms with Gasteiger partial charge in [-0.2, -0.15) is 0 Å². The molecule has 0 fully saturated rings. The average molecular weight is 330 g/mol. The van der Waals surface area contributed by atoms with Crippen molar-refractivity contribution in [1.29, 1.82) is 0 Å². The molecule has 0 bridgehead atoms. The predicted molar refractivity (Wildman–Crippen MR) is 92.0 cm³/mol. The number of carbonyl (C=O) groups excluding carboxylic acids is 1. The van der Waals surface area contributed by atoms with Crippen molar-refractivity contribution in [1.82, 2.24) is 10.2 Å². The summed E-state index contributed by atoms with van der Waals surface area (Å²) in [6.07, 6.45) is -0.759. The van der Waals surface area contributed by atoms with Gasteiger partial charge in [0.25, 0.3) is 0 Å². The molecule has 2 N–H and O–H groups in total. The lowest BCUT2D eigenvalue weighted by molar-refractivity contribution is 0.123. The van der Waals surface area contributed by atoms with Gasteiger partial charge in [0.2, 0.25) is 0 Å². The number of carbonyl (C=O) groups is 1. The maximum absolute atomic E-state index is 13.6. The molecule has 2 amide bonds. The highest BCUT2D eigenvalue weighted by Crippen LogP contribution is 2.15. The molecule has 0 spiro atoms. The zero-order chi connectivity index (χ0) is 17.5. The van der Waals surface area contributed by atoms with E-state index in [0.29, 0.717) is 12.1 Å². The van der Waals surface area contributed by atoms with Crippen LogP contribution in [-0.2, 0) is 6.54 Å². The smallest absolute Gasteiger partial charge is 0.317 e. The Bertz CT molecular complexity index is 673. The lowest BCUT2D eigenvalue weighted by Gasteiger charge is -2.24. The van der Waals surface area contributed by atoms with Crippen molar-refractivity contribution in [2.24, 2.45) is 0 Å². The molecular formula is C19H23FN2O2. The molecule has 0 saturated carbocycles. The minimum Gasteiger partial charge on any atom is -0.387 e. The molecule has 2 rings (SSSR count). The zero-order valence-corrected chi connectivity index (χ0v) is 14.0. The van der Waals surface area contributed by atoms with Gasteiger partial charge in [-0.3, -0.25) is 0 Å². The van der Waals surface area contributed by atoms with Crippen molar-refractivity contribution < 1.29 is 14.3 Å². The molecule has 2 aromatic rings. The number of amides is 2. The molecule has 1 unspecified atom stereocenters. The third-order valence-corrected chi connectivity index (χ3v) is 3.91. The maximum Gasteiger partial charge on any atom is 0.317 e. The average Bonchev–Trinajstić information content (AvgIpc) is 2.59. The first-order chi connectivity index (χ1) is 11.5. The monoisotopic (exact) mass is 330 g/mol. The molecule has 1 atom stereocenters. The summed E-state index contributed by atoms with van der Waals surface area (Å²) in [7, 11) is 0. The van der Waals surface area contributed by atoms with Gasteiger partial charge in [-0.15, -0.1) is 0 Å². The van der Waals surface area contributed by atoms with E-state index in [2.05, 4.69) is 5.32 Å². The van der Waals surface area contributed by atoms with Gasteiger partial charge in [0.1, 0.15) is 5.82 Å². The summed E-state index contributed by atoms with van der Waals surface area (Å²) in [6.45, 7) is 4.56. The van der Waals surface area contributed by atoms with E-state index < -0.39 is 6.10 Å². The molecule has 0 aliphatic heterocycles. The zero-order valence-electron chi connectivity index (χ0n) is 14.0. The number of hydrogen-bond donors (Lipinski definition) is 2. The van der Waals surface area contributed by atoms with Gasteiger partial charge in [-0.1, -0.05) is 48.0 Å². The summed E-state index contributed by atoms with van der Waals surface area (Å²) in [5.74, 6) is -0.347. The Hall–Kier alpha value is -2.40. The first-order valence-corrected chi connectivity index (χ1v) is 8.02. The van der Waals surface area contributed by atoms with Crippen molar-refractivity contribution in [3.8, 4) is 0 Å². The highest BCUT2D eigenvalue weighted by Gasteiger charge is 2.17. The first kappa shape index (κ1) is 17.9. The third-order valence-electron chi connectivity index (χ3n) is 3.91. The van der Waals surface area contributed by atoms with Crippen molar-refractivity contribution >= 4 is 6.03 Å². The molecule has 0 saturated heterocycles. The lowest BCUT2D eigenvalue weighted by Crippen LogP contribution is -2.41. The minimum absolute atomic E-state index is 0.114. The summed E-state index contributed by atoms with van der Waals surface area (Å²) in [5.41, 5.74) is 2.31. The van der Waals surface area contributed by atoms with Crippen LogP contribution < -0.4 is 5.32 Å². The van der Waals surface area contributed by atoms with Crippen LogP contribution in [0.15, 0.2) is 48.5 Å². The molecule has 0 aliphatic rings. The Morgan fingerprint density at radius 1 is 1.21 bits per heavy atom. The Kier molecular flexibility index (Phi) is 6.32. The topological polar surface area (TPSA) is 52.6 Å². The fraction of sp³-hybridized carbons (Fsp3) is 0.316. The number of aliphatic hydroxyl groups excluding tert-OH is 1. The number of aryl methyl sites for hydroxylation is 1. The van der Waals surface area contributed by atoms with Gasteiger partial charge in [0.15, 0.2) is 0 Å². The number of likely N-dealkylation sites (N-methyl/N-ethyl adjacent to an activating group) is 1. The summed E-state index contributed by atoms with van der Waals surface area (Å²) < 4.78 is 13.6. The van der Waals surface area contributed by atoms with E-state index in [1.165, 1.54) is 11.0 Å². The summed E-state index contributed by atoms with van der Waals surface area (Å²) in [6, 6.07) is 13.6. The van der Waals surface area contributed by atoms with Crippen LogP contribution in [-0.4, -0.2) is 29.1 Å². The number of halogens is 1. The molecule has 5 heteroatoms. The van der Waals surface area contributed by atoms with Crippen LogP contribution >= 0.6 is 0 Å². The summed E-state index contributed by atoms with van der Waals surface area (Å²) in [4.78, 5) is 13.8. The second kappa shape index (κ2) is 8.45. The molecule has 0 aliphatic carbocycles.